The van der Waals surface area contributed by atoms with Gasteiger partial charge in [-0.05, 0) is 37.3 Å². The molecular weight excluding hydrogens is 598 g/mol. The van der Waals surface area contributed by atoms with Crippen molar-refractivity contribution in [2.75, 3.05) is 4.72 Å². The topological polar surface area (TPSA) is 109 Å². The number of benzene rings is 2. The number of ether oxygens (including phenoxy) is 1. The number of halogens is 5. The number of nitrogens with one attached hydrogen (secondary N) is 1. The molecule has 2 bridgehead atoms. The van der Waals surface area contributed by atoms with Crippen LogP contribution in [0.4, 0.5) is 22.7 Å². The zero-order valence-corrected chi connectivity index (χ0v) is 23.0. The molecular formula is C25H24ClF4N3O5S2. The molecule has 0 unspecified atom stereocenters. The fraction of sp³-hybridized carbons (Fsp3) is 0.360. The Bertz CT molecular complexity index is 1410. The molecule has 3 heterocycles. The van der Waals surface area contributed by atoms with Crippen LogP contribution in [0.15, 0.2) is 58.9 Å². The van der Waals surface area contributed by atoms with Gasteiger partial charge in [-0.1, -0.05) is 41.9 Å². The molecule has 0 radical (unpaired) electrons. The van der Waals surface area contributed by atoms with E-state index in [1.54, 1.807) is 5.38 Å². The number of hydrogen-bond acceptors (Lipinski definition) is 7. The molecule has 40 heavy (non-hydrogen) atoms. The smallest absolute Gasteiger partial charge is 0.489 e. The van der Waals surface area contributed by atoms with Crippen LogP contribution in [0.25, 0.3) is 0 Å². The van der Waals surface area contributed by atoms with E-state index >= 15 is 0 Å². The number of hydrogen-bond donors (Lipinski definition) is 2. The van der Waals surface area contributed by atoms with Crippen LogP contribution in [0.5, 0.6) is 5.75 Å². The van der Waals surface area contributed by atoms with E-state index in [1.807, 2.05) is 6.07 Å². The highest BCUT2D eigenvalue weighted by molar-refractivity contribution is 7.93. The quantitative estimate of drug-likeness (QED) is 0.314. The number of aromatic nitrogens is 1. The van der Waals surface area contributed by atoms with Crippen molar-refractivity contribution in [2.24, 2.45) is 0 Å². The first kappa shape index (κ1) is 30.0. The number of aliphatic carboxylic acids is 1. The molecule has 3 aromatic rings. The maximum absolute atomic E-state index is 14.8. The number of thiazole rings is 1. The number of alkyl halides is 3. The van der Waals surface area contributed by atoms with E-state index in [2.05, 4.69) is 38.9 Å². The van der Waals surface area contributed by atoms with Crippen LogP contribution in [0.1, 0.15) is 31.2 Å². The second-order valence-electron chi connectivity index (χ2n) is 9.21. The summed E-state index contributed by atoms with van der Waals surface area (Å²) in [5.74, 6) is -3.50. The Morgan fingerprint density at radius 2 is 1.80 bits per heavy atom. The first-order valence-electron chi connectivity index (χ1n) is 12.0. The van der Waals surface area contributed by atoms with Crippen molar-refractivity contribution in [1.29, 1.82) is 0 Å². The Kier molecular flexibility index (Phi) is 9.22. The number of fused-ring (bicyclic) bond motifs is 2. The molecule has 0 saturated carbocycles. The summed E-state index contributed by atoms with van der Waals surface area (Å²) in [5.41, 5.74) is 1.29. The molecule has 2 N–H and O–H groups in total. The summed E-state index contributed by atoms with van der Waals surface area (Å²) < 4.78 is 80.0. The van der Waals surface area contributed by atoms with Crippen LogP contribution in [-0.2, 0) is 21.4 Å². The monoisotopic (exact) mass is 621 g/mol. The molecule has 5 rings (SSSR count). The third-order valence-electron chi connectivity index (χ3n) is 6.52. The number of nitrogens with zero attached hydrogens (tertiary/aromatic N) is 2. The van der Waals surface area contributed by atoms with Crippen molar-refractivity contribution in [3.8, 4) is 5.75 Å². The number of carboxylic acid groups (broad SMARTS) is 1. The highest BCUT2D eigenvalue weighted by Gasteiger charge is 2.41. The average molecular weight is 622 g/mol. The molecule has 3 atom stereocenters. The van der Waals surface area contributed by atoms with E-state index in [0.29, 0.717) is 12.1 Å². The lowest BCUT2D eigenvalue weighted by Crippen LogP contribution is -2.45. The normalized spacial score (nSPS) is 20.9. The number of carboxylic acids is 1. The summed E-state index contributed by atoms with van der Waals surface area (Å²) in [6.45, 7) is 0.914. The summed E-state index contributed by atoms with van der Waals surface area (Å²) >= 11 is 7.43. The predicted octanol–water partition coefficient (Wildman–Crippen LogP) is 5.94. The zero-order valence-electron chi connectivity index (χ0n) is 20.6. The Hall–Kier alpha value is -2.94. The van der Waals surface area contributed by atoms with Gasteiger partial charge in [0.15, 0.2) is 5.13 Å². The fourth-order valence-corrected chi connectivity index (χ4v) is 6.95. The third kappa shape index (κ3) is 7.42. The van der Waals surface area contributed by atoms with Gasteiger partial charge in [0.1, 0.15) is 22.6 Å². The molecule has 0 amide bonds. The highest BCUT2D eigenvalue weighted by Crippen LogP contribution is 2.40. The van der Waals surface area contributed by atoms with Gasteiger partial charge in [-0.15, -0.1) is 11.3 Å². The molecule has 2 saturated heterocycles. The van der Waals surface area contributed by atoms with E-state index in [4.69, 9.17) is 26.2 Å². The molecule has 2 aromatic carbocycles. The molecule has 15 heteroatoms. The molecule has 2 fully saturated rings. The third-order valence-corrected chi connectivity index (χ3v) is 8.98. The van der Waals surface area contributed by atoms with Crippen LogP contribution < -0.4 is 9.46 Å². The van der Waals surface area contributed by atoms with E-state index in [0.717, 1.165) is 55.7 Å². The van der Waals surface area contributed by atoms with Gasteiger partial charge in [0.2, 0.25) is 0 Å². The first-order valence-corrected chi connectivity index (χ1v) is 14.8. The molecule has 2 aliphatic heterocycles. The number of rotatable bonds is 7. The maximum Gasteiger partial charge on any atom is 0.490 e. The standard InChI is InChI=1S/C23H23ClFN3O3S2.C2HF3O2/c24-19-12-22(33(29,30)27-23-26-8-9-32-23)20(25)13-21(19)31-18-10-16-6-7-17(11-18)28(16)14-15-4-2-1-3-5-15;3-2(4,5)1(6)7/h1-5,8-9,12-13,16-18H,6-7,10-11,14H2,(H,26,27);(H,6,7)/t16-,17+,18+;. The minimum absolute atomic E-state index is 0.0648. The number of sulfonamides is 1. The zero-order chi connectivity index (χ0) is 29.1. The highest BCUT2D eigenvalue weighted by atomic mass is 35.5. The van der Waals surface area contributed by atoms with Gasteiger partial charge in [-0.2, -0.15) is 13.2 Å². The molecule has 8 nitrogen and oxygen atoms in total. The van der Waals surface area contributed by atoms with Crippen LogP contribution >= 0.6 is 22.9 Å². The predicted molar refractivity (Wildman–Crippen MR) is 140 cm³/mol. The lowest BCUT2D eigenvalue weighted by Gasteiger charge is -2.39. The van der Waals surface area contributed by atoms with E-state index in [9.17, 15) is 26.0 Å². The SMILES string of the molecule is O=C(O)C(F)(F)F.O=S(=O)(Nc1nccs1)c1cc(Cl)c(O[C@H]2C[C@H]3CC[C@@H](C2)N3Cc2ccccc2)cc1F. The first-order chi connectivity index (χ1) is 18.8. The van der Waals surface area contributed by atoms with E-state index < -0.39 is 32.9 Å². The second-order valence-corrected chi connectivity index (χ2v) is 12.2. The Balaban J connectivity index is 0.000000470. The van der Waals surface area contributed by atoms with Gasteiger partial charge in [0.25, 0.3) is 10.0 Å². The van der Waals surface area contributed by atoms with Crippen LogP contribution in [0, 0.1) is 5.82 Å². The molecule has 216 valence electrons. The van der Waals surface area contributed by atoms with Gasteiger partial charge in [-0.25, -0.2) is 22.6 Å². The summed E-state index contributed by atoms with van der Waals surface area (Å²) in [4.78, 5) is 14.8. The van der Waals surface area contributed by atoms with Crippen LogP contribution in [0.3, 0.4) is 0 Å². The van der Waals surface area contributed by atoms with Gasteiger partial charge in [0.05, 0.1) is 5.02 Å². The minimum Gasteiger partial charge on any atom is -0.489 e. The summed E-state index contributed by atoms with van der Waals surface area (Å²) in [5, 5.41) is 8.97. The van der Waals surface area contributed by atoms with Crippen molar-refractivity contribution in [1.82, 2.24) is 9.88 Å². The lowest BCUT2D eigenvalue weighted by atomic mass is 9.98. The van der Waals surface area contributed by atoms with Crippen molar-refractivity contribution >= 4 is 44.1 Å². The average Bonchev–Trinajstić information content (AvgIpc) is 3.46. The molecule has 0 aliphatic carbocycles. The second kappa shape index (κ2) is 12.3. The summed E-state index contributed by atoms with van der Waals surface area (Å²) in [6.07, 6.45) is 0.154. The number of piperidine rings is 1. The minimum atomic E-state index is -5.08. The van der Waals surface area contributed by atoms with Crippen molar-refractivity contribution in [3.63, 3.8) is 0 Å². The number of anilines is 1. The van der Waals surface area contributed by atoms with Crippen LogP contribution in [0.2, 0.25) is 5.02 Å². The maximum atomic E-state index is 14.8. The molecule has 1 aromatic heterocycles. The van der Waals surface area contributed by atoms with Crippen molar-refractivity contribution in [2.45, 2.75) is 61.5 Å². The van der Waals surface area contributed by atoms with Gasteiger partial charge in [-0.3, -0.25) is 9.62 Å². The van der Waals surface area contributed by atoms with E-state index in [-0.39, 0.29) is 22.0 Å². The molecule has 0 spiro atoms. The number of carbonyl (C=O) groups is 1. The van der Waals surface area contributed by atoms with Gasteiger partial charge < -0.3 is 9.84 Å². The van der Waals surface area contributed by atoms with Gasteiger partial charge in [0, 0.05) is 36.3 Å². The Morgan fingerprint density at radius 3 is 2.35 bits per heavy atom. The Morgan fingerprint density at radius 1 is 1.18 bits per heavy atom. The Labute approximate surface area is 236 Å². The molecule has 2 aliphatic rings. The van der Waals surface area contributed by atoms with Crippen molar-refractivity contribution in [3.05, 3.63) is 70.4 Å². The van der Waals surface area contributed by atoms with Gasteiger partial charge >= 0.3 is 12.1 Å². The van der Waals surface area contributed by atoms with Crippen molar-refractivity contribution < 1.29 is 40.6 Å². The van der Waals surface area contributed by atoms with E-state index in [1.165, 1.54) is 11.8 Å². The van der Waals surface area contributed by atoms with Crippen LogP contribution in [-0.4, -0.2) is 53.7 Å². The lowest BCUT2D eigenvalue weighted by molar-refractivity contribution is -0.192. The summed E-state index contributed by atoms with van der Waals surface area (Å²) in [6, 6.07) is 13.4. The largest absolute Gasteiger partial charge is 0.490 e. The summed E-state index contributed by atoms with van der Waals surface area (Å²) in [7, 11) is -4.15. The fourth-order valence-electron chi connectivity index (χ4n) is 4.80.